The summed E-state index contributed by atoms with van der Waals surface area (Å²) >= 11 is 1.76. The van der Waals surface area contributed by atoms with Crippen molar-refractivity contribution >= 4 is 41.3 Å². The molecule has 2 atom stereocenters. The maximum atomic E-state index is 4.88. The standard InChI is InChI=1S/C18H32N4S.HI/c1-5-19-18(20-12-15(3)16-9-11-23-14-16)21(4)13-17-8-7-10-22(17)6-2;/h9,11,14-15,17H,5-8,10,12-13H2,1-4H3,(H,19,20);1H. The van der Waals surface area contributed by atoms with Crippen LogP contribution in [0.4, 0.5) is 0 Å². The molecule has 1 N–H and O–H groups in total. The molecule has 1 aromatic rings. The average molecular weight is 464 g/mol. The summed E-state index contributed by atoms with van der Waals surface area (Å²) in [6, 6.07) is 2.88. The number of likely N-dealkylation sites (tertiary alicyclic amines) is 1. The Morgan fingerprint density at radius 2 is 2.29 bits per heavy atom. The second kappa shape index (κ2) is 11.3. The maximum absolute atomic E-state index is 4.88. The van der Waals surface area contributed by atoms with E-state index in [0.717, 1.165) is 32.1 Å². The number of nitrogens with zero attached hydrogens (tertiary/aromatic N) is 3. The van der Waals surface area contributed by atoms with Crippen molar-refractivity contribution in [2.24, 2.45) is 4.99 Å². The molecule has 24 heavy (non-hydrogen) atoms. The molecule has 0 spiro atoms. The highest BCUT2D eigenvalue weighted by molar-refractivity contribution is 14.0. The highest BCUT2D eigenvalue weighted by atomic mass is 127. The van der Waals surface area contributed by atoms with Gasteiger partial charge < -0.3 is 10.2 Å². The van der Waals surface area contributed by atoms with E-state index in [1.165, 1.54) is 24.9 Å². The number of hydrogen-bond acceptors (Lipinski definition) is 3. The first kappa shape index (κ1) is 21.7. The summed E-state index contributed by atoms with van der Waals surface area (Å²) in [7, 11) is 2.17. The summed E-state index contributed by atoms with van der Waals surface area (Å²) in [5.74, 6) is 1.51. The third-order valence-electron chi connectivity index (χ3n) is 4.71. The van der Waals surface area contributed by atoms with Crippen molar-refractivity contribution in [2.45, 2.75) is 45.6 Å². The Hall–Kier alpha value is -0.340. The normalized spacial score (nSPS) is 19.8. The van der Waals surface area contributed by atoms with Crippen LogP contribution >= 0.6 is 35.3 Å². The molecule has 2 rings (SSSR count). The van der Waals surface area contributed by atoms with Crippen LogP contribution in [-0.2, 0) is 0 Å². The van der Waals surface area contributed by atoms with Gasteiger partial charge in [-0.1, -0.05) is 13.8 Å². The predicted molar refractivity (Wildman–Crippen MR) is 117 cm³/mol. The molecule has 1 aliphatic rings. The van der Waals surface area contributed by atoms with E-state index in [1.807, 2.05) is 0 Å². The molecule has 1 saturated heterocycles. The summed E-state index contributed by atoms with van der Waals surface area (Å²) in [6.45, 7) is 11.9. The summed E-state index contributed by atoms with van der Waals surface area (Å²) in [6.07, 6.45) is 2.64. The highest BCUT2D eigenvalue weighted by Gasteiger charge is 2.25. The first-order chi connectivity index (χ1) is 11.2. The van der Waals surface area contributed by atoms with Crippen LogP contribution in [0, 0.1) is 0 Å². The minimum Gasteiger partial charge on any atom is -0.357 e. The van der Waals surface area contributed by atoms with Crippen LogP contribution in [-0.4, -0.2) is 61.6 Å². The smallest absolute Gasteiger partial charge is 0.193 e. The van der Waals surface area contributed by atoms with Gasteiger partial charge in [0.25, 0.3) is 0 Å². The fourth-order valence-electron chi connectivity index (χ4n) is 3.27. The Morgan fingerprint density at radius 1 is 1.50 bits per heavy atom. The second-order valence-corrected chi connectivity index (χ2v) is 7.24. The second-order valence-electron chi connectivity index (χ2n) is 6.46. The van der Waals surface area contributed by atoms with Gasteiger partial charge in [-0.15, -0.1) is 24.0 Å². The van der Waals surface area contributed by atoms with Crippen LogP contribution in [0.2, 0.25) is 0 Å². The first-order valence-electron chi connectivity index (χ1n) is 8.91. The molecule has 0 aliphatic carbocycles. The van der Waals surface area contributed by atoms with Gasteiger partial charge in [-0.25, -0.2) is 0 Å². The van der Waals surface area contributed by atoms with E-state index < -0.39 is 0 Å². The Kier molecular flexibility index (Phi) is 10.2. The molecule has 0 bridgehead atoms. The number of thiophene rings is 1. The molecule has 1 fully saturated rings. The lowest BCUT2D eigenvalue weighted by atomic mass is 10.1. The Bertz CT molecular complexity index is 477. The van der Waals surface area contributed by atoms with Crippen molar-refractivity contribution in [3.05, 3.63) is 22.4 Å². The average Bonchev–Trinajstić information content (AvgIpc) is 3.22. The third-order valence-corrected chi connectivity index (χ3v) is 5.41. The molecule has 0 saturated carbocycles. The maximum Gasteiger partial charge on any atom is 0.193 e. The minimum atomic E-state index is 0. The van der Waals surface area contributed by atoms with Crippen molar-refractivity contribution in [2.75, 3.05) is 39.8 Å². The fraction of sp³-hybridized carbons (Fsp3) is 0.722. The third kappa shape index (κ3) is 6.19. The minimum absolute atomic E-state index is 0. The Labute approximate surface area is 168 Å². The number of guanidine groups is 1. The number of rotatable bonds is 7. The van der Waals surface area contributed by atoms with Gasteiger partial charge in [-0.2, -0.15) is 11.3 Å². The Morgan fingerprint density at radius 3 is 2.92 bits per heavy atom. The molecule has 2 unspecified atom stereocenters. The van der Waals surface area contributed by atoms with E-state index in [0.29, 0.717) is 12.0 Å². The first-order valence-corrected chi connectivity index (χ1v) is 9.85. The van der Waals surface area contributed by atoms with Crippen molar-refractivity contribution in [3.63, 3.8) is 0 Å². The molecule has 0 amide bonds. The summed E-state index contributed by atoms with van der Waals surface area (Å²) in [4.78, 5) is 9.78. The molecule has 138 valence electrons. The van der Waals surface area contributed by atoms with Gasteiger partial charge in [0.05, 0.1) is 0 Å². The Balaban J connectivity index is 0.00000288. The molecule has 0 radical (unpaired) electrons. The number of nitrogens with one attached hydrogen (secondary N) is 1. The van der Waals surface area contributed by atoms with Gasteiger partial charge in [-0.3, -0.25) is 9.89 Å². The van der Waals surface area contributed by atoms with E-state index in [9.17, 15) is 0 Å². The lowest BCUT2D eigenvalue weighted by Crippen LogP contribution is -2.46. The summed E-state index contributed by atoms with van der Waals surface area (Å²) in [5.41, 5.74) is 1.39. The molecule has 6 heteroatoms. The van der Waals surface area contributed by atoms with Gasteiger partial charge in [0, 0.05) is 38.6 Å². The number of halogens is 1. The molecular formula is C18H33IN4S. The van der Waals surface area contributed by atoms with E-state index in [-0.39, 0.29) is 24.0 Å². The van der Waals surface area contributed by atoms with Crippen LogP contribution in [0.3, 0.4) is 0 Å². The van der Waals surface area contributed by atoms with E-state index >= 15 is 0 Å². The largest absolute Gasteiger partial charge is 0.357 e. The SMILES string of the molecule is CCNC(=NCC(C)c1ccsc1)N(C)CC1CCCN1CC.I. The summed E-state index contributed by atoms with van der Waals surface area (Å²) in [5, 5.41) is 7.83. The fourth-order valence-corrected chi connectivity index (χ4v) is 4.06. The van der Waals surface area contributed by atoms with Crippen molar-refractivity contribution < 1.29 is 0 Å². The number of hydrogen-bond donors (Lipinski definition) is 1. The van der Waals surface area contributed by atoms with E-state index in [1.54, 1.807) is 11.3 Å². The molecule has 1 aromatic heterocycles. The molecular weight excluding hydrogens is 431 g/mol. The van der Waals surface area contributed by atoms with Crippen molar-refractivity contribution in [1.29, 1.82) is 0 Å². The van der Waals surface area contributed by atoms with Gasteiger partial charge >= 0.3 is 0 Å². The van der Waals surface area contributed by atoms with E-state index in [2.05, 4.69) is 59.8 Å². The van der Waals surface area contributed by atoms with Crippen LogP contribution in [0.15, 0.2) is 21.8 Å². The van der Waals surface area contributed by atoms with Gasteiger partial charge in [0.2, 0.25) is 0 Å². The van der Waals surface area contributed by atoms with Gasteiger partial charge in [0.15, 0.2) is 5.96 Å². The number of likely N-dealkylation sites (N-methyl/N-ethyl adjacent to an activating group) is 2. The molecule has 1 aliphatic heterocycles. The zero-order valence-corrected chi connectivity index (χ0v) is 18.6. The van der Waals surface area contributed by atoms with Gasteiger partial charge in [0.1, 0.15) is 0 Å². The zero-order chi connectivity index (χ0) is 16.7. The van der Waals surface area contributed by atoms with Crippen molar-refractivity contribution in [3.8, 4) is 0 Å². The molecule has 0 aromatic carbocycles. The van der Waals surface area contributed by atoms with Crippen LogP contribution in [0.1, 0.15) is 45.1 Å². The predicted octanol–water partition coefficient (Wildman–Crippen LogP) is 3.85. The van der Waals surface area contributed by atoms with Crippen LogP contribution in [0.5, 0.6) is 0 Å². The lowest BCUT2D eigenvalue weighted by Gasteiger charge is -2.30. The topological polar surface area (TPSA) is 30.9 Å². The lowest BCUT2D eigenvalue weighted by molar-refractivity contribution is 0.232. The summed E-state index contributed by atoms with van der Waals surface area (Å²) < 4.78 is 0. The molecule has 2 heterocycles. The zero-order valence-electron chi connectivity index (χ0n) is 15.5. The van der Waals surface area contributed by atoms with Crippen LogP contribution in [0.25, 0.3) is 0 Å². The van der Waals surface area contributed by atoms with Crippen molar-refractivity contribution in [1.82, 2.24) is 15.1 Å². The number of aliphatic imine (C=N–C) groups is 1. The molecule has 4 nitrogen and oxygen atoms in total. The van der Waals surface area contributed by atoms with Crippen LogP contribution < -0.4 is 5.32 Å². The monoisotopic (exact) mass is 464 g/mol. The quantitative estimate of drug-likeness (QED) is 0.378. The van der Waals surface area contributed by atoms with Gasteiger partial charge in [-0.05, 0) is 55.2 Å². The highest BCUT2D eigenvalue weighted by Crippen LogP contribution is 2.19. The van der Waals surface area contributed by atoms with E-state index in [4.69, 9.17) is 4.99 Å².